The van der Waals surface area contributed by atoms with Gasteiger partial charge in [0.1, 0.15) is 0 Å². The molecule has 0 aliphatic carbocycles. The van der Waals surface area contributed by atoms with E-state index in [0.29, 0.717) is 12.6 Å². The number of nitrogens with one attached hydrogen (secondary N) is 1. The molecule has 2 heterocycles. The van der Waals surface area contributed by atoms with E-state index in [1.807, 2.05) is 19.1 Å². The Morgan fingerprint density at radius 2 is 1.97 bits per heavy atom. The average Bonchev–Trinajstić information content (AvgIpc) is 3.23. The first-order valence-electron chi connectivity index (χ1n) is 10.8. The van der Waals surface area contributed by atoms with E-state index < -0.39 is 0 Å². The van der Waals surface area contributed by atoms with E-state index in [9.17, 15) is 10.1 Å². The van der Waals surface area contributed by atoms with Crippen molar-refractivity contribution in [3.05, 3.63) is 75.8 Å². The van der Waals surface area contributed by atoms with E-state index in [0.717, 1.165) is 50.9 Å². The summed E-state index contributed by atoms with van der Waals surface area (Å²) >= 11 is 0. The van der Waals surface area contributed by atoms with Crippen LogP contribution >= 0.6 is 24.0 Å². The summed E-state index contributed by atoms with van der Waals surface area (Å²) in [5.41, 5.74) is 2.23. The van der Waals surface area contributed by atoms with Gasteiger partial charge >= 0.3 is 0 Å². The van der Waals surface area contributed by atoms with Crippen molar-refractivity contribution in [1.82, 2.24) is 15.1 Å². The molecule has 0 spiro atoms. The molecule has 9 heteroatoms. The molecule has 0 saturated carbocycles. The number of fused-ring (bicyclic) bond motifs is 1. The minimum atomic E-state index is -0.373. The van der Waals surface area contributed by atoms with Gasteiger partial charge in [-0.05, 0) is 18.1 Å². The molecule has 2 aromatic rings. The maximum absolute atomic E-state index is 11.0. The second-order valence-electron chi connectivity index (χ2n) is 7.93. The second kappa shape index (κ2) is 11.6. The molecule has 0 aromatic heterocycles. The van der Waals surface area contributed by atoms with Gasteiger partial charge in [-0.3, -0.25) is 15.0 Å². The number of morpholine rings is 1. The van der Waals surface area contributed by atoms with Crippen molar-refractivity contribution in [2.45, 2.75) is 32.2 Å². The molecule has 2 unspecified atom stereocenters. The monoisotopic (exact) mass is 551 g/mol. The van der Waals surface area contributed by atoms with Crippen LogP contribution in [-0.2, 0) is 17.8 Å². The molecule has 2 aliphatic heterocycles. The minimum Gasteiger partial charge on any atom is -0.373 e. The van der Waals surface area contributed by atoms with Crippen molar-refractivity contribution in [3.8, 4) is 0 Å². The number of nitrogens with zero attached hydrogens (tertiary/aromatic N) is 4. The Morgan fingerprint density at radius 1 is 1.19 bits per heavy atom. The van der Waals surface area contributed by atoms with Crippen molar-refractivity contribution >= 4 is 35.6 Å². The van der Waals surface area contributed by atoms with Crippen LogP contribution in [0.1, 0.15) is 18.1 Å². The molecule has 2 fully saturated rings. The standard InChI is InChI=1S/C23H29N5O3.HI/c1-2-24-23(25-14-19-9-6-10-20(13-19)28(29)30)27-16-21-22(17-27)31-12-11-26(21)15-18-7-4-3-5-8-18;/h3-10,13,21-22H,2,11-12,14-17H2,1H3,(H,24,25);1H. The average molecular weight is 551 g/mol. The summed E-state index contributed by atoms with van der Waals surface area (Å²) in [4.78, 5) is 20.2. The Bertz CT molecular complexity index is 927. The molecule has 1 N–H and O–H groups in total. The highest BCUT2D eigenvalue weighted by molar-refractivity contribution is 14.0. The first kappa shape index (κ1) is 24.4. The van der Waals surface area contributed by atoms with Crippen LogP contribution in [0.5, 0.6) is 0 Å². The SMILES string of the molecule is CCNC(=NCc1cccc([N+](=O)[O-])c1)N1CC2OCCN(Cc3ccccc3)C2C1.I. The van der Waals surface area contributed by atoms with Gasteiger partial charge < -0.3 is 15.0 Å². The Kier molecular flexibility index (Phi) is 8.83. The summed E-state index contributed by atoms with van der Waals surface area (Å²) in [7, 11) is 0. The van der Waals surface area contributed by atoms with Gasteiger partial charge in [0.2, 0.25) is 0 Å². The summed E-state index contributed by atoms with van der Waals surface area (Å²) in [6.45, 7) is 7.41. The van der Waals surface area contributed by atoms with Crippen molar-refractivity contribution in [1.29, 1.82) is 0 Å². The molecule has 172 valence electrons. The lowest BCUT2D eigenvalue weighted by Gasteiger charge is -2.36. The number of hydrogen-bond donors (Lipinski definition) is 1. The van der Waals surface area contributed by atoms with E-state index in [-0.39, 0.29) is 40.7 Å². The van der Waals surface area contributed by atoms with Crippen LogP contribution in [-0.4, -0.2) is 65.6 Å². The summed E-state index contributed by atoms with van der Waals surface area (Å²) in [6, 6.07) is 17.5. The molecule has 2 aliphatic rings. The van der Waals surface area contributed by atoms with Crippen molar-refractivity contribution in [2.75, 3.05) is 32.8 Å². The van der Waals surface area contributed by atoms with Gasteiger partial charge in [-0.25, -0.2) is 4.99 Å². The predicted molar refractivity (Wildman–Crippen MR) is 135 cm³/mol. The number of aliphatic imine (C=N–C) groups is 1. The summed E-state index contributed by atoms with van der Waals surface area (Å²) in [6.07, 6.45) is 0.152. The van der Waals surface area contributed by atoms with Crippen LogP contribution in [0.3, 0.4) is 0 Å². The Hall–Kier alpha value is -2.24. The van der Waals surface area contributed by atoms with Crippen molar-refractivity contribution < 1.29 is 9.66 Å². The molecule has 32 heavy (non-hydrogen) atoms. The van der Waals surface area contributed by atoms with Crippen molar-refractivity contribution in [2.24, 2.45) is 4.99 Å². The smallest absolute Gasteiger partial charge is 0.269 e. The second-order valence-corrected chi connectivity index (χ2v) is 7.93. The van der Waals surface area contributed by atoms with Gasteiger partial charge in [-0.15, -0.1) is 24.0 Å². The van der Waals surface area contributed by atoms with Crippen LogP contribution < -0.4 is 5.32 Å². The zero-order valence-corrected chi connectivity index (χ0v) is 20.6. The molecule has 2 saturated heterocycles. The van der Waals surface area contributed by atoms with Crippen LogP contribution in [0.25, 0.3) is 0 Å². The number of halogens is 1. The third kappa shape index (κ3) is 5.96. The minimum absolute atomic E-state index is 0. The van der Waals surface area contributed by atoms with E-state index >= 15 is 0 Å². The van der Waals surface area contributed by atoms with Gasteiger partial charge in [0.05, 0.1) is 30.2 Å². The van der Waals surface area contributed by atoms with Crippen LogP contribution in [0, 0.1) is 10.1 Å². The van der Waals surface area contributed by atoms with E-state index in [1.165, 1.54) is 11.6 Å². The molecule has 4 rings (SSSR count). The highest BCUT2D eigenvalue weighted by atomic mass is 127. The highest BCUT2D eigenvalue weighted by Crippen LogP contribution is 2.25. The first-order chi connectivity index (χ1) is 15.1. The third-order valence-corrected chi connectivity index (χ3v) is 5.81. The zero-order chi connectivity index (χ0) is 21.6. The maximum Gasteiger partial charge on any atom is 0.269 e. The predicted octanol–water partition coefficient (Wildman–Crippen LogP) is 3.26. The normalized spacial score (nSPS) is 21.0. The number of ether oxygens (including phenoxy) is 1. The highest BCUT2D eigenvalue weighted by Gasteiger charge is 2.41. The third-order valence-electron chi connectivity index (χ3n) is 5.81. The molecule has 2 atom stereocenters. The Balaban J connectivity index is 0.00000289. The van der Waals surface area contributed by atoms with Crippen LogP contribution in [0.15, 0.2) is 59.6 Å². The molecular formula is C23H30IN5O3. The number of nitro groups is 1. The van der Waals surface area contributed by atoms with Gasteiger partial charge in [0.15, 0.2) is 5.96 Å². The van der Waals surface area contributed by atoms with Gasteiger partial charge in [0, 0.05) is 44.9 Å². The fourth-order valence-corrected chi connectivity index (χ4v) is 4.31. The Labute approximate surface area is 205 Å². The zero-order valence-electron chi connectivity index (χ0n) is 18.2. The number of benzene rings is 2. The molecule has 0 amide bonds. The molecule has 2 aromatic carbocycles. The molecular weight excluding hydrogens is 521 g/mol. The van der Waals surface area contributed by atoms with Crippen LogP contribution in [0.2, 0.25) is 0 Å². The number of nitro benzene ring substituents is 1. The number of likely N-dealkylation sites (tertiary alicyclic amines) is 1. The topological polar surface area (TPSA) is 83.2 Å². The fraction of sp³-hybridized carbons (Fsp3) is 0.435. The van der Waals surface area contributed by atoms with Crippen molar-refractivity contribution in [3.63, 3.8) is 0 Å². The van der Waals surface area contributed by atoms with E-state index in [1.54, 1.807) is 12.1 Å². The number of non-ortho nitro benzene ring substituents is 1. The lowest BCUT2D eigenvalue weighted by atomic mass is 10.1. The van der Waals surface area contributed by atoms with Gasteiger partial charge in [-0.2, -0.15) is 0 Å². The number of guanidine groups is 1. The lowest BCUT2D eigenvalue weighted by Crippen LogP contribution is -2.50. The molecule has 0 radical (unpaired) electrons. The lowest BCUT2D eigenvalue weighted by molar-refractivity contribution is -0.384. The van der Waals surface area contributed by atoms with E-state index in [2.05, 4.69) is 39.4 Å². The number of hydrogen-bond acceptors (Lipinski definition) is 5. The summed E-state index contributed by atoms with van der Waals surface area (Å²) in [5, 5.41) is 14.4. The summed E-state index contributed by atoms with van der Waals surface area (Å²) < 4.78 is 6.09. The molecule has 0 bridgehead atoms. The fourth-order valence-electron chi connectivity index (χ4n) is 4.31. The first-order valence-corrected chi connectivity index (χ1v) is 10.8. The quantitative estimate of drug-likeness (QED) is 0.195. The number of rotatable bonds is 6. The van der Waals surface area contributed by atoms with Gasteiger partial charge in [0.25, 0.3) is 5.69 Å². The maximum atomic E-state index is 11.0. The summed E-state index contributed by atoms with van der Waals surface area (Å²) in [5.74, 6) is 0.826. The Morgan fingerprint density at radius 3 is 2.72 bits per heavy atom. The van der Waals surface area contributed by atoms with E-state index in [4.69, 9.17) is 9.73 Å². The van der Waals surface area contributed by atoms with Crippen LogP contribution in [0.4, 0.5) is 5.69 Å². The molecule has 8 nitrogen and oxygen atoms in total. The van der Waals surface area contributed by atoms with Gasteiger partial charge in [-0.1, -0.05) is 42.5 Å². The largest absolute Gasteiger partial charge is 0.373 e.